The standard InChI is InChI=1S/C20H24N4O3S2/c1-12(2)24-19(14-8-13(3)28-10-14)22-23-20(24)29-11-18(25)21-16-7-6-15(26-4)9-17(16)27-5/h6-10,12H,11H2,1-5H3,(H,21,25). The third kappa shape index (κ3) is 4.91. The van der Waals surface area contributed by atoms with Gasteiger partial charge >= 0.3 is 0 Å². The number of nitrogens with zero attached hydrogens (tertiary/aromatic N) is 3. The molecule has 0 radical (unpaired) electrons. The van der Waals surface area contributed by atoms with Crippen molar-refractivity contribution in [3.05, 3.63) is 34.5 Å². The van der Waals surface area contributed by atoms with Gasteiger partial charge in [0.15, 0.2) is 11.0 Å². The first-order chi connectivity index (χ1) is 13.9. The smallest absolute Gasteiger partial charge is 0.234 e. The molecule has 7 nitrogen and oxygen atoms in total. The molecule has 0 saturated carbocycles. The van der Waals surface area contributed by atoms with Crippen LogP contribution in [0.4, 0.5) is 5.69 Å². The molecule has 0 spiro atoms. The summed E-state index contributed by atoms with van der Waals surface area (Å²) < 4.78 is 12.6. The van der Waals surface area contributed by atoms with Crippen LogP contribution in [0.15, 0.2) is 34.8 Å². The lowest BCUT2D eigenvalue weighted by Gasteiger charge is -2.14. The highest BCUT2D eigenvalue weighted by Crippen LogP contribution is 2.31. The number of carbonyl (C=O) groups is 1. The second-order valence-corrected chi connectivity index (χ2v) is 8.68. The summed E-state index contributed by atoms with van der Waals surface area (Å²) in [6.45, 7) is 6.23. The third-order valence-corrected chi connectivity index (χ3v) is 5.99. The second-order valence-electron chi connectivity index (χ2n) is 6.62. The number of thiophene rings is 1. The van der Waals surface area contributed by atoms with Gasteiger partial charge in [-0.25, -0.2) is 0 Å². The molecule has 2 aromatic heterocycles. The van der Waals surface area contributed by atoms with Gasteiger partial charge in [0.25, 0.3) is 0 Å². The molecule has 154 valence electrons. The van der Waals surface area contributed by atoms with Crippen molar-refractivity contribution >= 4 is 34.7 Å². The first-order valence-electron chi connectivity index (χ1n) is 9.08. The minimum absolute atomic E-state index is 0.148. The Morgan fingerprint density at radius 2 is 2.03 bits per heavy atom. The molecule has 0 fully saturated rings. The van der Waals surface area contributed by atoms with Crippen molar-refractivity contribution in [1.29, 1.82) is 0 Å². The van der Waals surface area contributed by atoms with Gasteiger partial charge in [-0.05, 0) is 39.0 Å². The number of rotatable bonds is 8. The summed E-state index contributed by atoms with van der Waals surface area (Å²) >= 11 is 3.04. The molecule has 1 aromatic carbocycles. The summed E-state index contributed by atoms with van der Waals surface area (Å²) in [6, 6.07) is 7.54. The molecule has 0 atom stereocenters. The molecule has 2 heterocycles. The third-order valence-electron chi connectivity index (χ3n) is 4.18. The molecule has 1 amide bonds. The van der Waals surface area contributed by atoms with Crippen molar-refractivity contribution in [2.45, 2.75) is 32.0 Å². The van der Waals surface area contributed by atoms with Crippen LogP contribution in [0.5, 0.6) is 11.5 Å². The van der Waals surface area contributed by atoms with Crippen LogP contribution < -0.4 is 14.8 Å². The van der Waals surface area contributed by atoms with Crippen molar-refractivity contribution in [1.82, 2.24) is 14.8 Å². The molecule has 0 aliphatic carbocycles. The Bertz CT molecular complexity index is 998. The second kappa shape index (κ2) is 9.32. The number of ether oxygens (including phenoxy) is 2. The molecular formula is C20H24N4O3S2. The number of anilines is 1. The van der Waals surface area contributed by atoms with E-state index < -0.39 is 0 Å². The highest BCUT2D eigenvalue weighted by Gasteiger charge is 2.19. The molecule has 0 aliphatic heterocycles. The summed E-state index contributed by atoms with van der Waals surface area (Å²) in [7, 11) is 3.14. The number of thioether (sulfide) groups is 1. The molecule has 9 heteroatoms. The van der Waals surface area contributed by atoms with E-state index in [9.17, 15) is 4.79 Å². The Balaban J connectivity index is 1.71. The van der Waals surface area contributed by atoms with E-state index in [4.69, 9.17) is 9.47 Å². The minimum atomic E-state index is -0.148. The van der Waals surface area contributed by atoms with E-state index in [2.05, 4.69) is 52.3 Å². The SMILES string of the molecule is COc1ccc(NC(=O)CSc2nnc(-c3csc(C)c3)n2C(C)C)c(OC)c1. The summed E-state index contributed by atoms with van der Waals surface area (Å²) in [4.78, 5) is 13.7. The van der Waals surface area contributed by atoms with E-state index in [1.807, 2.05) is 0 Å². The number of aryl methyl sites for hydroxylation is 1. The number of methoxy groups -OCH3 is 2. The van der Waals surface area contributed by atoms with Crippen LogP contribution in [0.1, 0.15) is 24.8 Å². The zero-order valence-corrected chi connectivity index (χ0v) is 18.7. The number of aromatic nitrogens is 3. The summed E-state index contributed by atoms with van der Waals surface area (Å²) in [6.07, 6.45) is 0. The maximum atomic E-state index is 12.5. The average molecular weight is 433 g/mol. The van der Waals surface area contributed by atoms with Crippen molar-refractivity contribution in [2.75, 3.05) is 25.3 Å². The van der Waals surface area contributed by atoms with Crippen molar-refractivity contribution in [3.8, 4) is 22.9 Å². The normalized spacial score (nSPS) is 11.0. The predicted octanol–water partition coefficient (Wildman–Crippen LogP) is 4.64. The molecule has 0 bridgehead atoms. The molecule has 1 N–H and O–H groups in total. The number of nitrogens with one attached hydrogen (secondary N) is 1. The van der Waals surface area contributed by atoms with Crippen LogP contribution >= 0.6 is 23.1 Å². The molecule has 0 saturated heterocycles. The molecule has 0 unspecified atom stereocenters. The van der Waals surface area contributed by atoms with Gasteiger partial charge in [0.1, 0.15) is 11.5 Å². The molecule has 3 rings (SSSR count). The minimum Gasteiger partial charge on any atom is -0.497 e. The monoisotopic (exact) mass is 432 g/mol. The van der Waals surface area contributed by atoms with Gasteiger partial charge in [0, 0.05) is 27.9 Å². The van der Waals surface area contributed by atoms with Gasteiger partial charge in [-0.15, -0.1) is 21.5 Å². The van der Waals surface area contributed by atoms with E-state index >= 15 is 0 Å². The fraction of sp³-hybridized carbons (Fsp3) is 0.350. The van der Waals surface area contributed by atoms with Crippen molar-refractivity contribution in [2.24, 2.45) is 0 Å². The van der Waals surface area contributed by atoms with E-state index in [0.717, 1.165) is 16.5 Å². The lowest BCUT2D eigenvalue weighted by Crippen LogP contribution is -2.15. The van der Waals surface area contributed by atoms with Gasteiger partial charge in [-0.1, -0.05) is 11.8 Å². The van der Waals surface area contributed by atoms with Gasteiger partial charge in [0.05, 0.1) is 25.7 Å². The Kier molecular flexibility index (Phi) is 6.81. The number of amides is 1. The molecule has 29 heavy (non-hydrogen) atoms. The summed E-state index contributed by atoms with van der Waals surface area (Å²) in [5, 5.41) is 14.4. The molecular weight excluding hydrogens is 408 g/mol. The van der Waals surface area contributed by atoms with Crippen LogP contribution in [0, 0.1) is 6.92 Å². The lowest BCUT2D eigenvalue weighted by atomic mass is 10.2. The Morgan fingerprint density at radius 3 is 2.66 bits per heavy atom. The predicted molar refractivity (Wildman–Crippen MR) is 117 cm³/mol. The highest BCUT2D eigenvalue weighted by molar-refractivity contribution is 7.99. The van der Waals surface area contributed by atoms with Crippen LogP contribution in [0.25, 0.3) is 11.4 Å². The Morgan fingerprint density at radius 1 is 1.24 bits per heavy atom. The van der Waals surface area contributed by atoms with E-state index in [-0.39, 0.29) is 17.7 Å². The van der Waals surface area contributed by atoms with Crippen LogP contribution in [-0.4, -0.2) is 40.6 Å². The van der Waals surface area contributed by atoms with Crippen molar-refractivity contribution < 1.29 is 14.3 Å². The average Bonchev–Trinajstić information content (AvgIpc) is 3.32. The van der Waals surface area contributed by atoms with E-state index in [1.165, 1.54) is 16.6 Å². The van der Waals surface area contributed by atoms with Gasteiger partial charge in [-0.3, -0.25) is 9.36 Å². The zero-order valence-electron chi connectivity index (χ0n) is 17.1. The lowest BCUT2D eigenvalue weighted by molar-refractivity contribution is -0.113. The number of hydrogen-bond donors (Lipinski definition) is 1. The molecule has 0 aliphatic rings. The summed E-state index contributed by atoms with van der Waals surface area (Å²) in [5.41, 5.74) is 1.65. The van der Waals surface area contributed by atoms with Gasteiger partial charge in [0.2, 0.25) is 5.91 Å². The maximum Gasteiger partial charge on any atom is 0.234 e. The van der Waals surface area contributed by atoms with Gasteiger partial charge in [-0.2, -0.15) is 0 Å². The number of hydrogen-bond acceptors (Lipinski definition) is 7. The van der Waals surface area contributed by atoms with E-state index in [1.54, 1.807) is 43.8 Å². The quantitative estimate of drug-likeness (QED) is 0.522. The zero-order chi connectivity index (χ0) is 21.0. The van der Waals surface area contributed by atoms with Crippen LogP contribution in [0.3, 0.4) is 0 Å². The summed E-state index contributed by atoms with van der Waals surface area (Å²) in [5.74, 6) is 2.09. The fourth-order valence-corrected chi connectivity index (χ4v) is 4.37. The first kappa shape index (κ1) is 21.2. The van der Waals surface area contributed by atoms with E-state index in [0.29, 0.717) is 17.2 Å². The number of carbonyl (C=O) groups excluding carboxylic acids is 1. The van der Waals surface area contributed by atoms with Crippen LogP contribution in [-0.2, 0) is 4.79 Å². The number of benzene rings is 1. The first-order valence-corrected chi connectivity index (χ1v) is 10.9. The highest BCUT2D eigenvalue weighted by atomic mass is 32.2. The molecule has 3 aromatic rings. The maximum absolute atomic E-state index is 12.5. The van der Waals surface area contributed by atoms with Gasteiger partial charge < -0.3 is 14.8 Å². The largest absolute Gasteiger partial charge is 0.497 e. The topological polar surface area (TPSA) is 78.3 Å². The Hall–Kier alpha value is -2.52. The fourth-order valence-electron chi connectivity index (χ4n) is 2.82. The Labute approximate surface area is 178 Å². The van der Waals surface area contributed by atoms with Crippen LogP contribution in [0.2, 0.25) is 0 Å². The van der Waals surface area contributed by atoms with Crippen molar-refractivity contribution in [3.63, 3.8) is 0 Å².